The lowest BCUT2D eigenvalue weighted by Gasteiger charge is -2.14. The SMILES string of the molecule is NC1CCN(CC(=O)NCCCC(=O)O)C1. The molecule has 6 nitrogen and oxygen atoms in total. The van der Waals surface area contributed by atoms with E-state index in [0.29, 0.717) is 19.5 Å². The number of carboxylic acid groups (broad SMARTS) is 1. The molecule has 1 aliphatic rings. The number of hydrogen-bond acceptors (Lipinski definition) is 4. The van der Waals surface area contributed by atoms with Gasteiger partial charge in [-0.2, -0.15) is 0 Å². The predicted molar refractivity (Wildman–Crippen MR) is 58.9 cm³/mol. The molecule has 1 aliphatic heterocycles. The van der Waals surface area contributed by atoms with Crippen molar-refractivity contribution < 1.29 is 14.7 Å². The molecule has 1 rings (SSSR count). The zero-order chi connectivity index (χ0) is 12.0. The number of carboxylic acids is 1. The first kappa shape index (κ1) is 12.9. The van der Waals surface area contributed by atoms with Crippen LogP contribution in [-0.4, -0.2) is 54.1 Å². The van der Waals surface area contributed by atoms with E-state index in [0.717, 1.165) is 19.5 Å². The third-order valence-corrected chi connectivity index (χ3v) is 2.57. The number of carbonyl (C=O) groups excluding carboxylic acids is 1. The van der Waals surface area contributed by atoms with Crippen molar-refractivity contribution in [1.82, 2.24) is 10.2 Å². The maximum Gasteiger partial charge on any atom is 0.303 e. The van der Waals surface area contributed by atoms with E-state index in [1.165, 1.54) is 0 Å². The molecule has 1 amide bonds. The average Bonchev–Trinajstić information content (AvgIpc) is 2.58. The summed E-state index contributed by atoms with van der Waals surface area (Å²) in [6.45, 7) is 2.41. The summed E-state index contributed by atoms with van der Waals surface area (Å²) in [4.78, 5) is 23.6. The van der Waals surface area contributed by atoms with E-state index >= 15 is 0 Å². The van der Waals surface area contributed by atoms with E-state index < -0.39 is 5.97 Å². The zero-order valence-corrected chi connectivity index (χ0v) is 9.32. The van der Waals surface area contributed by atoms with Crippen LogP contribution in [0.4, 0.5) is 0 Å². The Balaban J connectivity index is 2.05. The predicted octanol–water partition coefficient (Wildman–Crippen LogP) is -1.000. The maximum atomic E-state index is 11.4. The van der Waals surface area contributed by atoms with E-state index in [9.17, 15) is 9.59 Å². The number of carbonyl (C=O) groups is 2. The Hall–Kier alpha value is -1.14. The van der Waals surface area contributed by atoms with Gasteiger partial charge in [-0.15, -0.1) is 0 Å². The van der Waals surface area contributed by atoms with E-state index in [2.05, 4.69) is 5.32 Å². The third kappa shape index (κ3) is 5.09. The van der Waals surface area contributed by atoms with Crippen LogP contribution in [0.5, 0.6) is 0 Å². The summed E-state index contributed by atoms with van der Waals surface area (Å²) in [5, 5.41) is 11.1. The van der Waals surface area contributed by atoms with Gasteiger partial charge in [0.15, 0.2) is 0 Å². The molecule has 0 radical (unpaired) electrons. The third-order valence-electron chi connectivity index (χ3n) is 2.57. The molecule has 1 heterocycles. The van der Waals surface area contributed by atoms with Gasteiger partial charge in [-0.1, -0.05) is 0 Å². The van der Waals surface area contributed by atoms with Crippen LogP contribution in [0.25, 0.3) is 0 Å². The molecule has 0 aromatic heterocycles. The van der Waals surface area contributed by atoms with Gasteiger partial charge in [-0.05, 0) is 12.8 Å². The van der Waals surface area contributed by atoms with Crippen LogP contribution in [0.1, 0.15) is 19.3 Å². The van der Waals surface area contributed by atoms with Gasteiger partial charge in [0.2, 0.25) is 5.91 Å². The molecule has 92 valence electrons. The van der Waals surface area contributed by atoms with Crippen molar-refractivity contribution in [2.24, 2.45) is 5.73 Å². The lowest BCUT2D eigenvalue weighted by Crippen LogP contribution is -2.37. The smallest absolute Gasteiger partial charge is 0.303 e. The maximum absolute atomic E-state index is 11.4. The molecule has 0 spiro atoms. The molecule has 1 fully saturated rings. The van der Waals surface area contributed by atoms with Gasteiger partial charge in [-0.3, -0.25) is 14.5 Å². The van der Waals surface area contributed by atoms with Crippen molar-refractivity contribution >= 4 is 11.9 Å². The summed E-state index contributed by atoms with van der Waals surface area (Å²) >= 11 is 0. The Morgan fingerprint density at radius 1 is 1.50 bits per heavy atom. The summed E-state index contributed by atoms with van der Waals surface area (Å²) in [5.41, 5.74) is 5.72. The summed E-state index contributed by atoms with van der Waals surface area (Å²) in [7, 11) is 0. The number of likely N-dealkylation sites (tertiary alicyclic amines) is 1. The van der Waals surface area contributed by atoms with Gasteiger partial charge in [-0.25, -0.2) is 0 Å². The normalized spacial score (nSPS) is 20.9. The second-order valence-electron chi connectivity index (χ2n) is 4.13. The van der Waals surface area contributed by atoms with Crippen LogP contribution < -0.4 is 11.1 Å². The second-order valence-corrected chi connectivity index (χ2v) is 4.13. The van der Waals surface area contributed by atoms with Gasteiger partial charge in [0.05, 0.1) is 6.54 Å². The van der Waals surface area contributed by atoms with Gasteiger partial charge < -0.3 is 16.2 Å². The molecule has 6 heteroatoms. The van der Waals surface area contributed by atoms with E-state index in [1.54, 1.807) is 0 Å². The van der Waals surface area contributed by atoms with Crippen molar-refractivity contribution in [3.05, 3.63) is 0 Å². The first-order chi connectivity index (χ1) is 7.58. The topological polar surface area (TPSA) is 95.7 Å². The molecule has 0 saturated carbocycles. The number of amides is 1. The number of nitrogens with two attached hydrogens (primary N) is 1. The molecule has 0 aromatic rings. The van der Waals surface area contributed by atoms with Crippen LogP contribution in [0.3, 0.4) is 0 Å². The molecule has 16 heavy (non-hydrogen) atoms. The first-order valence-electron chi connectivity index (χ1n) is 5.54. The number of hydrogen-bond donors (Lipinski definition) is 3. The van der Waals surface area contributed by atoms with E-state index in [-0.39, 0.29) is 18.4 Å². The number of nitrogens with one attached hydrogen (secondary N) is 1. The fourth-order valence-electron chi connectivity index (χ4n) is 1.73. The fourth-order valence-corrected chi connectivity index (χ4v) is 1.73. The largest absolute Gasteiger partial charge is 0.481 e. The quantitative estimate of drug-likeness (QED) is 0.508. The lowest BCUT2D eigenvalue weighted by atomic mass is 10.3. The van der Waals surface area contributed by atoms with E-state index in [4.69, 9.17) is 10.8 Å². The highest BCUT2D eigenvalue weighted by atomic mass is 16.4. The standard InChI is InChI=1S/C10H19N3O3/c11-8-3-5-13(6-8)7-9(14)12-4-1-2-10(15)16/h8H,1-7,11H2,(H,12,14)(H,15,16). The summed E-state index contributed by atoms with van der Waals surface area (Å²) in [6, 6.07) is 0.180. The van der Waals surface area contributed by atoms with E-state index in [1.807, 2.05) is 4.90 Å². The Kier molecular flexibility index (Phi) is 5.21. The number of aliphatic carboxylic acids is 1. The van der Waals surface area contributed by atoms with Gasteiger partial charge in [0, 0.05) is 32.1 Å². The molecule has 1 atom stereocenters. The summed E-state index contributed by atoms with van der Waals surface area (Å²) < 4.78 is 0. The Morgan fingerprint density at radius 2 is 2.25 bits per heavy atom. The minimum absolute atomic E-state index is 0.0560. The lowest BCUT2D eigenvalue weighted by molar-refractivity contribution is -0.137. The summed E-state index contributed by atoms with van der Waals surface area (Å²) in [6.07, 6.45) is 1.50. The summed E-state index contributed by atoms with van der Waals surface area (Å²) in [5.74, 6) is -0.890. The van der Waals surface area contributed by atoms with Gasteiger partial charge in [0.25, 0.3) is 0 Å². The highest BCUT2D eigenvalue weighted by Crippen LogP contribution is 2.05. The average molecular weight is 229 g/mol. The van der Waals surface area contributed by atoms with Crippen molar-refractivity contribution in [1.29, 1.82) is 0 Å². The number of nitrogens with zero attached hydrogens (tertiary/aromatic N) is 1. The van der Waals surface area contributed by atoms with Gasteiger partial charge >= 0.3 is 5.97 Å². The number of rotatable bonds is 6. The molecule has 4 N–H and O–H groups in total. The van der Waals surface area contributed by atoms with Crippen molar-refractivity contribution in [3.63, 3.8) is 0 Å². The molecule has 1 saturated heterocycles. The molecule has 0 bridgehead atoms. The van der Waals surface area contributed by atoms with Crippen LogP contribution >= 0.6 is 0 Å². The van der Waals surface area contributed by atoms with Crippen LogP contribution in [0.2, 0.25) is 0 Å². The molecule has 1 unspecified atom stereocenters. The van der Waals surface area contributed by atoms with Crippen molar-refractivity contribution in [3.8, 4) is 0 Å². The minimum atomic E-state index is -0.834. The van der Waals surface area contributed by atoms with Crippen molar-refractivity contribution in [2.45, 2.75) is 25.3 Å². The Morgan fingerprint density at radius 3 is 2.81 bits per heavy atom. The highest BCUT2D eigenvalue weighted by molar-refractivity contribution is 5.78. The monoisotopic (exact) mass is 229 g/mol. The fraction of sp³-hybridized carbons (Fsp3) is 0.800. The first-order valence-corrected chi connectivity index (χ1v) is 5.54. The minimum Gasteiger partial charge on any atom is -0.481 e. The molecule has 0 aliphatic carbocycles. The Bertz CT molecular complexity index is 258. The highest BCUT2D eigenvalue weighted by Gasteiger charge is 2.20. The van der Waals surface area contributed by atoms with Crippen molar-refractivity contribution in [2.75, 3.05) is 26.2 Å². The van der Waals surface area contributed by atoms with Crippen LogP contribution in [-0.2, 0) is 9.59 Å². The van der Waals surface area contributed by atoms with Crippen LogP contribution in [0, 0.1) is 0 Å². The van der Waals surface area contributed by atoms with Gasteiger partial charge in [0.1, 0.15) is 0 Å². The van der Waals surface area contributed by atoms with Crippen LogP contribution in [0.15, 0.2) is 0 Å². The molecule has 0 aromatic carbocycles. The second kappa shape index (κ2) is 6.44. The Labute approximate surface area is 94.8 Å². The zero-order valence-electron chi connectivity index (χ0n) is 9.32. The molecular weight excluding hydrogens is 210 g/mol. The molecular formula is C10H19N3O3.